The van der Waals surface area contributed by atoms with Gasteiger partial charge in [0, 0.05) is 17.1 Å². The third-order valence-electron chi connectivity index (χ3n) is 6.26. The number of nitrogens with one attached hydrogen (secondary N) is 1. The van der Waals surface area contributed by atoms with Crippen LogP contribution in [0.2, 0.25) is 0 Å². The number of para-hydroxylation sites is 1. The number of hydrogen-bond acceptors (Lipinski definition) is 4. The van der Waals surface area contributed by atoms with Crippen LogP contribution >= 0.6 is 0 Å². The van der Waals surface area contributed by atoms with E-state index in [9.17, 15) is 9.59 Å². The molecule has 1 aliphatic carbocycles. The summed E-state index contributed by atoms with van der Waals surface area (Å²) >= 11 is 0. The summed E-state index contributed by atoms with van der Waals surface area (Å²) in [4.78, 5) is 29.9. The molecule has 3 rings (SSSR count). The first-order valence-corrected chi connectivity index (χ1v) is 10.6. The van der Waals surface area contributed by atoms with Crippen LogP contribution in [0.1, 0.15) is 69.1 Å². The van der Waals surface area contributed by atoms with E-state index >= 15 is 0 Å². The Balaban J connectivity index is 1.98. The van der Waals surface area contributed by atoms with Crippen LogP contribution in [0.4, 0.5) is 0 Å². The minimum Gasteiger partial charge on any atom is -0.452 e. The van der Waals surface area contributed by atoms with E-state index in [0.29, 0.717) is 11.5 Å². The number of ether oxygens (including phenoxy) is 1. The average molecular weight is 397 g/mol. The summed E-state index contributed by atoms with van der Waals surface area (Å²) in [5.74, 6) is -0.238. The molecule has 5 heteroatoms. The molecule has 0 saturated carbocycles. The third kappa shape index (κ3) is 4.60. The van der Waals surface area contributed by atoms with Crippen molar-refractivity contribution in [3.63, 3.8) is 0 Å². The smallest absolute Gasteiger partial charge is 0.339 e. The second-order valence-electron chi connectivity index (χ2n) is 9.01. The van der Waals surface area contributed by atoms with Crippen molar-refractivity contribution < 1.29 is 14.3 Å². The molecular formula is C24H32N2O3. The molecule has 1 aromatic heterocycles. The predicted molar refractivity (Wildman–Crippen MR) is 115 cm³/mol. The van der Waals surface area contributed by atoms with Crippen molar-refractivity contribution in [2.24, 2.45) is 11.3 Å². The maximum absolute atomic E-state index is 13.1. The van der Waals surface area contributed by atoms with Crippen LogP contribution in [0.5, 0.6) is 0 Å². The molecule has 5 nitrogen and oxygen atoms in total. The average Bonchev–Trinajstić information content (AvgIpc) is 2.69. The summed E-state index contributed by atoms with van der Waals surface area (Å²) in [5, 5.41) is 3.56. The van der Waals surface area contributed by atoms with Crippen LogP contribution in [0.25, 0.3) is 10.9 Å². The molecule has 29 heavy (non-hydrogen) atoms. The fraction of sp³-hybridized carbons (Fsp3) is 0.542. The van der Waals surface area contributed by atoms with Crippen molar-refractivity contribution >= 4 is 22.8 Å². The molecule has 0 saturated heterocycles. The number of aromatic nitrogens is 1. The Morgan fingerprint density at radius 1 is 1.28 bits per heavy atom. The lowest BCUT2D eigenvalue weighted by Gasteiger charge is -2.37. The zero-order chi connectivity index (χ0) is 21.2. The van der Waals surface area contributed by atoms with E-state index in [-0.39, 0.29) is 24.0 Å². The van der Waals surface area contributed by atoms with Crippen molar-refractivity contribution in [2.75, 3.05) is 6.61 Å². The number of aryl methyl sites for hydroxylation is 1. The van der Waals surface area contributed by atoms with E-state index < -0.39 is 5.97 Å². The number of benzene rings is 1. The summed E-state index contributed by atoms with van der Waals surface area (Å²) < 4.78 is 5.43. The first-order chi connectivity index (χ1) is 13.7. The molecule has 0 radical (unpaired) electrons. The molecule has 1 amide bonds. The maximum atomic E-state index is 13.1. The number of esters is 1. The lowest BCUT2D eigenvalue weighted by atomic mass is 9.68. The number of carbonyl (C=O) groups is 2. The molecule has 0 fully saturated rings. The van der Waals surface area contributed by atoms with Gasteiger partial charge in [0.25, 0.3) is 5.91 Å². The number of hydrogen-bond donors (Lipinski definition) is 1. The van der Waals surface area contributed by atoms with Gasteiger partial charge >= 0.3 is 5.97 Å². The van der Waals surface area contributed by atoms with Crippen LogP contribution in [-0.4, -0.2) is 29.5 Å². The molecule has 156 valence electrons. The van der Waals surface area contributed by atoms with Gasteiger partial charge in [0.1, 0.15) is 0 Å². The Bertz CT molecular complexity index is 918. The van der Waals surface area contributed by atoms with Crippen molar-refractivity contribution in [3.05, 3.63) is 41.1 Å². The van der Waals surface area contributed by atoms with Crippen molar-refractivity contribution in [2.45, 2.75) is 66.3 Å². The molecule has 1 aliphatic rings. The summed E-state index contributed by atoms with van der Waals surface area (Å²) in [6.45, 7) is 10.3. The topological polar surface area (TPSA) is 68.3 Å². The first kappa shape index (κ1) is 21.3. The highest BCUT2D eigenvalue weighted by molar-refractivity contribution is 6.05. The highest BCUT2D eigenvalue weighted by Crippen LogP contribution is 2.41. The molecule has 0 unspecified atom stereocenters. The lowest BCUT2D eigenvalue weighted by Crippen LogP contribution is -2.34. The Labute approximate surface area is 173 Å². The van der Waals surface area contributed by atoms with Gasteiger partial charge in [-0.15, -0.1) is 0 Å². The van der Waals surface area contributed by atoms with Crippen LogP contribution in [-0.2, 0) is 22.4 Å². The minimum absolute atomic E-state index is 0.00718. The summed E-state index contributed by atoms with van der Waals surface area (Å²) in [6, 6.07) is 7.70. The normalized spacial score (nSPS) is 16.6. The van der Waals surface area contributed by atoms with E-state index in [1.54, 1.807) is 0 Å². The van der Waals surface area contributed by atoms with Gasteiger partial charge in [0.05, 0.1) is 11.1 Å². The number of fused-ring (bicyclic) bond motifs is 2. The zero-order valence-corrected chi connectivity index (χ0v) is 18.2. The Hall–Kier alpha value is -2.43. The fourth-order valence-corrected chi connectivity index (χ4v) is 4.14. The molecule has 2 aromatic rings. The van der Waals surface area contributed by atoms with E-state index in [1.807, 2.05) is 38.1 Å². The maximum Gasteiger partial charge on any atom is 0.339 e. The van der Waals surface area contributed by atoms with Gasteiger partial charge in [-0.05, 0) is 56.1 Å². The molecule has 1 N–H and O–H groups in total. The van der Waals surface area contributed by atoms with Gasteiger partial charge in [-0.2, -0.15) is 0 Å². The standard InChI is InChI=1S/C24H32N2O3/c1-6-24(4,5)16-11-12-20-18(13-16)22(17-9-7-8-10-19(17)26-20)23(28)29-14-21(27)25-15(2)3/h7-10,15-16H,6,11-14H2,1-5H3,(H,25,27)/t16-/m0/s1. The highest BCUT2D eigenvalue weighted by Gasteiger charge is 2.34. The van der Waals surface area contributed by atoms with Crippen molar-refractivity contribution in [3.8, 4) is 0 Å². The second kappa shape index (κ2) is 8.52. The largest absolute Gasteiger partial charge is 0.452 e. The summed E-state index contributed by atoms with van der Waals surface area (Å²) in [5.41, 5.74) is 3.57. The Morgan fingerprint density at radius 3 is 2.69 bits per heavy atom. The Morgan fingerprint density at radius 2 is 2.00 bits per heavy atom. The number of rotatable bonds is 6. The van der Waals surface area contributed by atoms with E-state index in [2.05, 4.69) is 26.1 Å². The monoisotopic (exact) mass is 396 g/mol. The predicted octanol–water partition coefficient (Wildman–Crippen LogP) is 4.46. The van der Waals surface area contributed by atoms with Gasteiger partial charge < -0.3 is 10.1 Å². The summed E-state index contributed by atoms with van der Waals surface area (Å²) in [6.07, 6.45) is 3.84. The van der Waals surface area contributed by atoms with Crippen LogP contribution < -0.4 is 5.32 Å². The van der Waals surface area contributed by atoms with Gasteiger partial charge in [0.2, 0.25) is 0 Å². The Kier molecular flexibility index (Phi) is 6.25. The van der Waals surface area contributed by atoms with Crippen LogP contribution in [0.3, 0.4) is 0 Å². The van der Waals surface area contributed by atoms with E-state index in [1.165, 1.54) is 0 Å². The SMILES string of the molecule is CCC(C)(C)[C@H]1CCc2nc3ccccc3c(C(=O)OCC(=O)NC(C)C)c2C1. The third-order valence-corrected chi connectivity index (χ3v) is 6.26. The molecular weight excluding hydrogens is 364 g/mol. The summed E-state index contributed by atoms with van der Waals surface area (Å²) in [7, 11) is 0. The molecule has 0 bridgehead atoms. The first-order valence-electron chi connectivity index (χ1n) is 10.6. The van der Waals surface area contributed by atoms with Crippen LogP contribution in [0.15, 0.2) is 24.3 Å². The molecule has 0 aliphatic heterocycles. The van der Waals surface area contributed by atoms with Gasteiger partial charge in [-0.25, -0.2) is 4.79 Å². The minimum atomic E-state index is -0.436. The van der Waals surface area contributed by atoms with Gasteiger partial charge in [-0.3, -0.25) is 9.78 Å². The van der Waals surface area contributed by atoms with Gasteiger partial charge in [0.15, 0.2) is 6.61 Å². The van der Waals surface area contributed by atoms with Crippen molar-refractivity contribution in [1.29, 1.82) is 0 Å². The molecule has 1 heterocycles. The van der Waals surface area contributed by atoms with Crippen LogP contribution in [0, 0.1) is 11.3 Å². The van der Waals surface area contributed by atoms with Crippen molar-refractivity contribution in [1.82, 2.24) is 10.3 Å². The number of nitrogens with zero attached hydrogens (tertiary/aromatic N) is 1. The zero-order valence-electron chi connectivity index (χ0n) is 18.2. The second-order valence-corrected chi connectivity index (χ2v) is 9.01. The van der Waals surface area contributed by atoms with E-state index in [0.717, 1.165) is 47.8 Å². The van der Waals surface area contributed by atoms with E-state index in [4.69, 9.17) is 9.72 Å². The number of amides is 1. The molecule has 0 spiro atoms. The van der Waals surface area contributed by atoms with Gasteiger partial charge in [-0.1, -0.05) is 45.4 Å². The lowest BCUT2D eigenvalue weighted by molar-refractivity contribution is -0.124. The highest BCUT2D eigenvalue weighted by atomic mass is 16.5. The number of pyridine rings is 1. The quantitative estimate of drug-likeness (QED) is 0.732. The number of carbonyl (C=O) groups excluding carboxylic acids is 2. The molecule has 1 aromatic carbocycles. The fourth-order valence-electron chi connectivity index (χ4n) is 4.14. The molecule has 1 atom stereocenters.